The van der Waals surface area contributed by atoms with E-state index in [1.807, 2.05) is 24.3 Å². The molecule has 0 radical (unpaired) electrons. The van der Waals surface area contributed by atoms with Crippen molar-refractivity contribution in [1.29, 1.82) is 0 Å². The third-order valence-electron chi connectivity index (χ3n) is 5.41. The van der Waals surface area contributed by atoms with Crippen LogP contribution in [0.3, 0.4) is 0 Å². The highest BCUT2D eigenvalue weighted by Gasteiger charge is 2.13. The molecule has 0 aliphatic carbocycles. The van der Waals surface area contributed by atoms with E-state index in [1.165, 1.54) is 17.4 Å². The van der Waals surface area contributed by atoms with E-state index in [0.717, 1.165) is 42.0 Å². The van der Waals surface area contributed by atoms with Crippen molar-refractivity contribution >= 4 is 16.9 Å². The zero-order chi connectivity index (χ0) is 21.6. The SMILES string of the molecule is Cc1ccc(OCCCCn2c(CNC(=O)c3ccco3)nc3ccccc32)cc1C. The summed E-state index contributed by atoms with van der Waals surface area (Å²) in [5.74, 6) is 1.80. The van der Waals surface area contributed by atoms with Crippen molar-refractivity contribution in [2.24, 2.45) is 0 Å². The topological polar surface area (TPSA) is 69.3 Å². The molecule has 6 nitrogen and oxygen atoms in total. The fraction of sp³-hybridized carbons (Fsp3) is 0.280. The molecule has 31 heavy (non-hydrogen) atoms. The molecule has 4 rings (SSSR count). The number of nitrogens with one attached hydrogen (secondary N) is 1. The number of nitrogens with zero attached hydrogens (tertiary/aromatic N) is 2. The van der Waals surface area contributed by atoms with E-state index in [1.54, 1.807) is 12.1 Å². The molecule has 0 atom stereocenters. The number of rotatable bonds is 9. The highest BCUT2D eigenvalue weighted by atomic mass is 16.5. The minimum absolute atomic E-state index is 0.245. The first-order chi connectivity index (χ1) is 15.1. The minimum Gasteiger partial charge on any atom is -0.494 e. The molecule has 0 bridgehead atoms. The quantitative estimate of drug-likeness (QED) is 0.388. The lowest BCUT2D eigenvalue weighted by Gasteiger charge is -2.11. The molecule has 6 heteroatoms. The van der Waals surface area contributed by atoms with E-state index >= 15 is 0 Å². The second-order valence-electron chi connectivity index (χ2n) is 7.63. The number of fused-ring (bicyclic) bond motifs is 1. The number of aryl methyl sites for hydroxylation is 3. The number of hydrogen-bond acceptors (Lipinski definition) is 4. The average molecular weight is 418 g/mol. The summed E-state index contributed by atoms with van der Waals surface area (Å²) in [4.78, 5) is 16.9. The van der Waals surface area contributed by atoms with Crippen LogP contribution < -0.4 is 10.1 Å². The normalized spacial score (nSPS) is 11.0. The van der Waals surface area contributed by atoms with Crippen molar-refractivity contribution in [2.45, 2.75) is 39.8 Å². The van der Waals surface area contributed by atoms with Gasteiger partial charge in [0.1, 0.15) is 11.6 Å². The molecule has 0 fully saturated rings. The Bertz CT molecular complexity index is 1160. The van der Waals surface area contributed by atoms with Gasteiger partial charge < -0.3 is 19.0 Å². The zero-order valence-electron chi connectivity index (χ0n) is 17.9. The van der Waals surface area contributed by atoms with E-state index in [0.29, 0.717) is 18.9 Å². The van der Waals surface area contributed by atoms with Crippen molar-refractivity contribution in [3.8, 4) is 5.75 Å². The standard InChI is InChI=1S/C25H27N3O3/c1-18-11-12-20(16-19(18)2)30-14-6-5-13-28-22-9-4-3-8-21(22)27-24(28)17-26-25(29)23-10-7-15-31-23/h3-4,7-12,15-16H,5-6,13-14,17H2,1-2H3,(H,26,29). The summed E-state index contributed by atoms with van der Waals surface area (Å²) in [7, 11) is 0. The van der Waals surface area contributed by atoms with Gasteiger partial charge in [0.25, 0.3) is 5.91 Å². The Morgan fingerprint density at radius 3 is 2.74 bits per heavy atom. The lowest BCUT2D eigenvalue weighted by molar-refractivity contribution is 0.0921. The zero-order valence-corrected chi connectivity index (χ0v) is 17.9. The fourth-order valence-corrected chi connectivity index (χ4v) is 3.53. The third-order valence-corrected chi connectivity index (χ3v) is 5.41. The number of unbranched alkanes of at least 4 members (excludes halogenated alkanes) is 1. The Morgan fingerprint density at radius 1 is 1.06 bits per heavy atom. The average Bonchev–Trinajstić information content (AvgIpc) is 3.43. The van der Waals surface area contributed by atoms with Crippen molar-refractivity contribution in [1.82, 2.24) is 14.9 Å². The van der Waals surface area contributed by atoms with Crippen molar-refractivity contribution in [3.63, 3.8) is 0 Å². The van der Waals surface area contributed by atoms with Gasteiger partial charge in [0.05, 0.1) is 30.4 Å². The lowest BCUT2D eigenvalue weighted by Crippen LogP contribution is -2.24. The number of para-hydroxylation sites is 2. The maximum absolute atomic E-state index is 12.2. The summed E-state index contributed by atoms with van der Waals surface area (Å²) in [6.07, 6.45) is 3.37. The molecule has 0 spiro atoms. The largest absolute Gasteiger partial charge is 0.494 e. The van der Waals surface area contributed by atoms with E-state index in [9.17, 15) is 4.79 Å². The van der Waals surface area contributed by atoms with Gasteiger partial charge in [-0.1, -0.05) is 18.2 Å². The number of aromatic nitrogens is 2. The summed E-state index contributed by atoms with van der Waals surface area (Å²) in [6, 6.07) is 17.6. The summed E-state index contributed by atoms with van der Waals surface area (Å²) < 4.78 is 13.2. The van der Waals surface area contributed by atoms with Crippen LogP contribution in [0.4, 0.5) is 0 Å². The molecule has 2 heterocycles. The van der Waals surface area contributed by atoms with Gasteiger partial charge in [-0.15, -0.1) is 0 Å². The second-order valence-corrected chi connectivity index (χ2v) is 7.63. The Kier molecular flexibility index (Phi) is 6.36. The van der Waals surface area contributed by atoms with Crippen molar-refractivity contribution in [3.05, 3.63) is 83.6 Å². The maximum Gasteiger partial charge on any atom is 0.287 e. The Labute approximate surface area is 181 Å². The summed E-state index contributed by atoms with van der Waals surface area (Å²) >= 11 is 0. The lowest BCUT2D eigenvalue weighted by atomic mass is 10.1. The number of amides is 1. The number of hydrogen-bond donors (Lipinski definition) is 1. The van der Waals surface area contributed by atoms with Crippen molar-refractivity contribution in [2.75, 3.05) is 6.61 Å². The smallest absolute Gasteiger partial charge is 0.287 e. The molecule has 2 aromatic carbocycles. The van der Waals surface area contributed by atoms with Crippen LogP contribution in [-0.2, 0) is 13.1 Å². The molecule has 2 aromatic heterocycles. The molecular weight excluding hydrogens is 390 g/mol. The van der Waals surface area contributed by atoms with Crippen LogP contribution in [0, 0.1) is 13.8 Å². The summed E-state index contributed by atoms with van der Waals surface area (Å²) in [6.45, 7) is 6.01. The van der Waals surface area contributed by atoms with Crippen LogP contribution in [0.25, 0.3) is 11.0 Å². The Morgan fingerprint density at radius 2 is 1.94 bits per heavy atom. The number of carbonyl (C=O) groups excluding carboxylic acids is 1. The van der Waals surface area contributed by atoms with Crippen molar-refractivity contribution < 1.29 is 13.9 Å². The van der Waals surface area contributed by atoms with Gasteiger partial charge in [0, 0.05) is 6.54 Å². The van der Waals surface area contributed by atoms with Gasteiger partial charge in [0.15, 0.2) is 5.76 Å². The predicted octanol–water partition coefficient (Wildman–Crippen LogP) is 5.04. The monoisotopic (exact) mass is 417 g/mol. The van der Waals surface area contributed by atoms with Gasteiger partial charge in [-0.25, -0.2) is 4.98 Å². The molecule has 0 aliphatic heterocycles. The molecule has 160 valence electrons. The van der Waals surface area contributed by atoms with E-state index in [4.69, 9.17) is 14.1 Å². The summed E-state index contributed by atoms with van der Waals surface area (Å²) in [5.41, 5.74) is 4.51. The number of furan rings is 1. The van der Waals surface area contributed by atoms with Gasteiger partial charge >= 0.3 is 0 Å². The highest BCUT2D eigenvalue weighted by molar-refractivity contribution is 5.91. The number of benzene rings is 2. The molecule has 4 aromatic rings. The second kappa shape index (κ2) is 9.51. The Balaban J connectivity index is 1.36. The van der Waals surface area contributed by atoms with Crippen LogP contribution in [0.2, 0.25) is 0 Å². The van der Waals surface area contributed by atoms with Crippen LogP contribution in [0.5, 0.6) is 5.75 Å². The maximum atomic E-state index is 12.2. The molecule has 0 aliphatic rings. The van der Waals surface area contributed by atoms with E-state index in [2.05, 4.69) is 41.9 Å². The molecule has 1 N–H and O–H groups in total. The Hall–Kier alpha value is -3.54. The first-order valence-corrected chi connectivity index (χ1v) is 10.6. The number of imidazole rings is 1. The summed E-state index contributed by atoms with van der Waals surface area (Å²) in [5, 5.41) is 2.89. The first kappa shape index (κ1) is 20.7. The van der Waals surface area contributed by atoms with E-state index < -0.39 is 0 Å². The van der Waals surface area contributed by atoms with Crippen LogP contribution in [0.15, 0.2) is 65.3 Å². The molecule has 0 unspecified atom stereocenters. The molecular formula is C25H27N3O3. The first-order valence-electron chi connectivity index (χ1n) is 10.6. The van der Waals surface area contributed by atoms with Crippen LogP contribution >= 0.6 is 0 Å². The molecule has 0 saturated heterocycles. The molecule has 1 amide bonds. The van der Waals surface area contributed by atoms with Crippen LogP contribution in [0.1, 0.15) is 40.3 Å². The van der Waals surface area contributed by atoms with Gasteiger partial charge in [-0.3, -0.25) is 4.79 Å². The van der Waals surface area contributed by atoms with Gasteiger partial charge in [-0.2, -0.15) is 0 Å². The van der Waals surface area contributed by atoms with Gasteiger partial charge in [0.2, 0.25) is 0 Å². The number of carbonyl (C=O) groups is 1. The predicted molar refractivity (Wildman–Crippen MR) is 120 cm³/mol. The molecule has 0 saturated carbocycles. The van der Waals surface area contributed by atoms with Gasteiger partial charge in [-0.05, 0) is 74.2 Å². The third kappa shape index (κ3) is 4.97. The van der Waals surface area contributed by atoms with E-state index in [-0.39, 0.29) is 5.91 Å². The highest BCUT2D eigenvalue weighted by Crippen LogP contribution is 2.19. The fourth-order valence-electron chi connectivity index (χ4n) is 3.53. The number of ether oxygens (including phenoxy) is 1. The minimum atomic E-state index is -0.245. The van der Waals surface area contributed by atoms with Crippen LogP contribution in [-0.4, -0.2) is 22.1 Å².